The molecule has 0 atom stereocenters. The van der Waals surface area contributed by atoms with E-state index in [1.165, 1.54) is 0 Å². The molecule has 0 unspecified atom stereocenters. The lowest BCUT2D eigenvalue weighted by molar-refractivity contribution is 0.581. The van der Waals surface area contributed by atoms with Gasteiger partial charge in [0.05, 0.1) is 6.26 Å². The van der Waals surface area contributed by atoms with Crippen LogP contribution < -0.4 is 0 Å². The third-order valence-electron chi connectivity index (χ3n) is 1.83. The van der Waals surface area contributed by atoms with Gasteiger partial charge in [-0.2, -0.15) is 0 Å². The fourth-order valence-corrected chi connectivity index (χ4v) is 1.20. The third-order valence-corrected chi connectivity index (χ3v) is 1.83. The molecular weight excluding hydrogens is 148 g/mol. The molecule has 12 heavy (non-hydrogen) atoms. The highest BCUT2D eigenvalue weighted by molar-refractivity contribution is 5.60. The first-order valence-electron chi connectivity index (χ1n) is 3.88. The summed E-state index contributed by atoms with van der Waals surface area (Å²) in [4.78, 5) is 0. The monoisotopic (exact) mass is 157 g/mol. The van der Waals surface area contributed by atoms with Crippen molar-refractivity contribution < 1.29 is 4.42 Å². The molecule has 2 rings (SSSR count). The second-order valence-electron chi connectivity index (χ2n) is 2.72. The van der Waals surface area contributed by atoms with Crippen molar-refractivity contribution >= 4 is 0 Å². The zero-order chi connectivity index (χ0) is 8.39. The fraction of sp³-hybridized carbons (Fsp3) is 0.0909. The van der Waals surface area contributed by atoms with E-state index in [4.69, 9.17) is 4.42 Å². The maximum atomic E-state index is 5.33. The molecule has 1 radical (unpaired) electrons. The van der Waals surface area contributed by atoms with Gasteiger partial charge in [-0.25, -0.2) is 0 Å². The van der Waals surface area contributed by atoms with Crippen molar-refractivity contribution in [1.82, 2.24) is 0 Å². The quantitative estimate of drug-likeness (QED) is 0.620. The van der Waals surface area contributed by atoms with Crippen LogP contribution in [0.2, 0.25) is 0 Å². The minimum Gasteiger partial charge on any atom is -0.464 e. The summed E-state index contributed by atoms with van der Waals surface area (Å²) < 4.78 is 5.33. The molecule has 1 heteroatoms. The van der Waals surface area contributed by atoms with Gasteiger partial charge < -0.3 is 4.42 Å². The molecule has 1 aromatic heterocycles. The molecular formula is C11H9O. The van der Waals surface area contributed by atoms with Crippen LogP contribution in [0.25, 0.3) is 11.3 Å². The van der Waals surface area contributed by atoms with Gasteiger partial charge in [0, 0.05) is 5.56 Å². The molecule has 59 valence electrons. The first kappa shape index (κ1) is 7.17. The van der Waals surface area contributed by atoms with Crippen molar-refractivity contribution in [3.63, 3.8) is 0 Å². The summed E-state index contributed by atoms with van der Waals surface area (Å²) in [6, 6.07) is 12.7. The van der Waals surface area contributed by atoms with Gasteiger partial charge in [-0.05, 0) is 30.7 Å². The molecule has 2 aromatic rings. The molecule has 0 fully saturated rings. The van der Waals surface area contributed by atoms with E-state index in [2.05, 4.69) is 6.07 Å². The summed E-state index contributed by atoms with van der Waals surface area (Å²) in [6.45, 7) is 2.03. The van der Waals surface area contributed by atoms with Crippen LogP contribution >= 0.6 is 0 Å². The predicted octanol–water partition coefficient (Wildman–Crippen LogP) is 3.06. The van der Waals surface area contributed by atoms with Gasteiger partial charge in [0.15, 0.2) is 0 Å². The van der Waals surface area contributed by atoms with Crippen LogP contribution in [0, 0.1) is 13.0 Å². The number of benzene rings is 1. The van der Waals surface area contributed by atoms with Crippen LogP contribution in [0.4, 0.5) is 0 Å². The van der Waals surface area contributed by atoms with E-state index in [1.54, 1.807) is 6.26 Å². The molecule has 0 bridgehead atoms. The molecule has 1 heterocycles. The zero-order valence-electron chi connectivity index (χ0n) is 6.87. The van der Waals surface area contributed by atoms with E-state index in [-0.39, 0.29) is 0 Å². The highest BCUT2D eigenvalue weighted by atomic mass is 16.3. The third kappa shape index (κ3) is 1.14. The number of hydrogen-bond acceptors (Lipinski definition) is 1. The van der Waals surface area contributed by atoms with Crippen molar-refractivity contribution in [3.05, 3.63) is 48.2 Å². The first-order valence-corrected chi connectivity index (χ1v) is 3.88. The van der Waals surface area contributed by atoms with E-state index < -0.39 is 0 Å². The number of furan rings is 1. The number of hydrogen-bond donors (Lipinski definition) is 0. The predicted molar refractivity (Wildman–Crippen MR) is 47.7 cm³/mol. The Morgan fingerprint density at radius 1 is 1.33 bits per heavy atom. The van der Waals surface area contributed by atoms with Gasteiger partial charge >= 0.3 is 0 Å². The van der Waals surface area contributed by atoms with Crippen molar-refractivity contribution in [2.45, 2.75) is 6.92 Å². The lowest BCUT2D eigenvalue weighted by Gasteiger charge is -1.96. The van der Waals surface area contributed by atoms with Gasteiger partial charge in [-0.3, -0.25) is 0 Å². The van der Waals surface area contributed by atoms with E-state index in [0.717, 1.165) is 16.9 Å². The van der Waals surface area contributed by atoms with Gasteiger partial charge in [-0.1, -0.05) is 18.2 Å². The van der Waals surface area contributed by atoms with Crippen LogP contribution in [0.3, 0.4) is 0 Å². The molecule has 0 N–H and O–H groups in total. The molecule has 0 aliphatic rings. The van der Waals surface area contributed by atoms with Gasteiger partial charge in [0.25, 0.3) is 0 Å². The number of aryl methyl sites for hydroxylation is 1. The highest BCUT2D eigenvalue weighted by Gasteiger charge is 2.02. The standard InChI is InChI=1S/C11H9O/c1-9-7-8-12-11(9)10-5-3-2-4-6-10/h2-3,5-8H,1H3. The van der Waals surface area contributed by atoms with Crippen LogP contribution in [0.15, 0.2) is 41.0 Å². The zero-order valence-corrected chi connectivity index (χ0v) is 6.87. The van der Waals surface area contributed by atoms with Crippen LogP contribution in [0.1, 0.15) is 5.56 Å². The van der Waals surface area contributed by atoms with Crippen molar-refractivity contribution in [2.24, 2.45) is 0 Å². The normalized spacial score (nSPS) is 10.1. The van der Waals surface area contributed by atoms with Gasteiger partial charge in [0.1, 0.15) is 5.76 Å². The molecule has 1 nitrogen and oxygen atoms in total. The average molecular weight is 157 g/mol. The maximum Gasteiger partial charge on any atom is 0.136 e. The van der Waals surface area contributed by atoms with E-state index >= 15 is 0 Å². The lowest BCUT2D eigenvalue weighted by Crippen LogP contribution is -1.74. The molecule has 0 saturated carbocycles. The summed E-state index contributed by atoms with van der Waals surface area (Å²) in [5, 5.41) is 0. The van der Waals surface area contributed by atoms with Crippen molar-refractivity contribution in [2.75, 3.05) is 0 Å². The van der Waals surface area contributed by atoms with Crippen LogP contribution in [0.5, 0.6) is 0 Å². The smallest absolute Gasteiger partial charge is 0.136 e. The van der Waals surface area contributed by atoms with Crippen LogP contribution in [-0.2, 0) is 0 Å². The Bertz CT molecular complexity index is 360. The summed E-state index contributed by atoms with van der Waals surface area (Å²) in [6.07, 6.45) is 1.71. The first-order chi connectivity index (χ1) is 5.88. The molecule has 1 aromatic carbocycles. The fourth-order valence-electron chi connectivity index (χ4n) is 1.20. The average Bonchev–Trinajstić information content (AvgIpc) is 2.53. The Morgan fingerprint density at radius 2 is 2.25 bits per heavy atom. The molecule has 0 saturated heterocycles. The molecule has 0 aliphatic heterocycles. The Labute approximate surface area is 71.6 Å². The minimum absolute atomic E-state index is 0.937. The topological polar surface area (TPSA) is 13.1 Å². The second-order valence-corrected chi connectivity index (χ2v) is 2.72. The Kier molecular flexibility index (Phi) is 1.71. The molecule has 0 spiro atoms. The van der Waals surface area contributed by atoms with Crippen molar-refractivity contribution in [3.8, 4) is 11.3 Å². The minimum atomic E-state index is 0.937. The highest BCUT2D eigenvalue weighted by Crippen LogP contribution is 2.22. The van der Waals surface area contributed by atoms with Crippen molar-refractivity contribution in [1.29, 1.82) is 0 Å². The SMILES string of the molecule is Cc1ccoc1-c1c[c]ccc1. The van der Waals surface area contributed by atoms with Gasteiger partial charge in [-0.15, -0.1) is 0 Å². The molecule has 0 amide bonds. The molecule has 0 aliphatic carbocycles. The summed E-state index contributed by atoms with van der Waals surface area (Å²) in [7, 11) is 0. The second kappa shape index (κ2) is 2.86. The largest absolute Gasteiger partial charge is 0.464 e. The van der Waals surface area contributed by atoms with Gasteiger partial charge in [0.2, 0.25) is 0 Å². The van der Waals surface area contributed by atoms with E-state index in [9.17, 15) is 0 Å². The van der Waals surface area contributed by atoms with E-state index in [1.807, 2.05) is 37.3 Å². The Morgan fingerprint density at radius 3 is 2.83 bits per heavy atom. The van der Waals surface area contributed by atoms with Crippen LogP contribution in [-0.4, -0.2) is 0 Å². The number of rotatable bonds is 1. The summed E-state index contributed by atoms with van der Waals surface area (Å²) in [5.41, 5.74) is 2.24. The Hall–Kier alpha value is -1.50. The summed E-state index contributed by atoms with van der Waals surface area (Å²) >= 11 is 0. The summed E-state index contributed by atoms with van der Waals surface area (Å²) in [5.74, 6) is 0.937. The Balaban J connectivity index is 2.51. The van der Waals surface area contributed by atoms with E-state index in [0.29, 0.717) is 0 Å². The maximum absolute atomic E-state index is 5.33. The lowest BCUT2D eigenvalue weighted by atomic mass is 10.1.